The molecule has 6 heteroatoms. The van der Waals surface area contributed by atoms with Crippen molar-refractivity contribution >= 4 is 23.2 Å². The molecule has 1 N–H and O–H groups in total. The molecule has 1 atom stereocenters. The zero-order valence-corrected chi connectivity index (χ0v) is 14.8. The first-order valence-corrected chi connectivity index (χ1v) is 9.07. The molecule has 136 valence electrons. The second-order valence-corrected chi connectivity index (χ2v) is 6.63. The van der Waals surface area contributed by atoms with Crippen molar-refractivity contribution in [3.8, 4) is 5.75 Å². The Kier molecular flexibility index (Phi) is 5.91. The Hall–Kier alpha value is -2.08. The number of methoxy groups -OCH3 is 1. The molecule has 0 bridgehead atoms. The molecule has 0 aromatic heterocycles. The molecule has 2 saturated heterocycles. The molecule has 1 aromatic rings. The molecular weight excluding hydrogens is 320 g/mol. The summed E-state index contributed by atoms with van der Waals surface area (Å²) in [7, 11) is 1.59. The van der Waals surface area contributed by atoms with Crippen LogP contribution in [0.3, 0.4) is 0 Å². The highest BCUT2D eigenvalue weighted by Gasteiger charge is 2.23. The second kappa shape index (κ2) is 8.34. The predicted octanol–water partition coefficient (Wildman–Crippen LogP) is 3.11. The van der Waals surface area contributed by atoms with E-state index in [1.54, 1.807) is 24.1 Å². The van der Waals surface area contributed by atoms with Crippen molar-refractivity contribution in [2.45, 2.75) is 51.0 Å². The average molecular weight is 346 g/mol. The molecule has 1 unspecified atom stereocenters. The standard InChI is InChI=1S/C19H26N2O4/c1-24-17-9-8-14(12-16(17)21-10-4-2-7-19(21)23)20-18(22)13-15-6-3-5-11-25-15/h8-9,12,15H,2-7,10-11,13H2,1H3,(H,20,22). The summed E-state index contributed by atoms with van der Waals surface area (Å²) < 4.78 is 11.0. The minimum atomic E-state index is -0.0620. The maximum Gasteiger partial charge on any atom is 0.227 e. The van der Waals surface area contributed by atoms with E-state index in [0.29, 0.717) is 30.8 Å². The van der Waals surface area contributed by atoms with E-state index in [1.165, 1.54) is 0 Å². The lowest BCUT2D eigenvalue weighted by Crippen LogP contribution is -2.35. The summed E-state index contributed by atoms with van der Waals surface area (Å²) in [4.78, 5) is 26.3. The zero-order valence-electron chi connectivity index (χ0n) is 14.8. The third-order valence-corrected chi connectivity index (χ3v) is 4.76. The number of rotatable bonds is 5. The highest BCUT2D eigenvalue weighted by atomic mass is 16.5. The average Bonchev–Trinajstić information content (AvgIpc) is 2.63. The van der Waals surface area contributed by atoms with Crippen molar-refractivity contribution < 1.29 is 19.1 Å². The van der Waals surface area contributed by atoms with Crippen LogP contribution in [0.5, 0.6) is 5.75 Å². The second-order valence-electron chi connectivity index (χ2n) is 6.63. The van der Waals surface area contributed by atoms with Gasteiger partial charge in [0.2, 0.25) is 11.8 Å². The normalized spacial score (nSPS) is 21.1. The third-order valence-electron chi connectivity index (χ3n) is 4.76. The third kappa shape index (κ3) is 4.51. The highest BCUT2D eigenvalue weighted by molar-refractivity contribution is 5.97. The molecule has 3 rings (SSSR count). The molecule has 0 saturated carbocycles. The zero-order chi connectivity index (χ0) is 17.6. The van der Waals surface area contributed by atoms with Gasteiger partial charge in [-0.05, 0) is 50.3 Å². The van der Waals surface area contributed by atoms with Crippen LogP contribution in [0.25, 0.3) is 0 Å². The first-order valence-electron chi connectivity index (χ1n) is 9.07. The summed E-state index contributed by atoms with van der Waals surface area (Å²) in [5.74, 6) is 0.681. The number of anilines is 2. The number of piperidine rings is 1. The van der Waals surface area contributed by atoms with Gasteiger partial charge in [-0.25, -0.2) is 0 Å². The first kappa shape index (κ1) is 17.7. The van der Waals surface area contributed by atoms with E-state index in [2.05, 4.69) is 5.32 Å². The fourth-order valence-electron chi connectivity index (χ4n) is 3.43. The number of ether oxygens (including phenoxy) is 2. The largest absolute Gasteiger partial charge is 0.495 e. The number of amides is 2. The Bertz CT molecular complexity index is 626. The number of carbonyl (C=O) groups is 2. The van der Waals surface area contributed by atoms with Crippen molar-refractivity contribution in [1.29, 1.82) is 0 Å². The van der Waals surface area contributed by atoms with Crippen LogP contribution < -0.4 is 15.0 Å². The molecule has 0 spiro atoms. The molecule has 6 nitrogen and oxygen atoms in total. The van der Waals surface area contributed by atoms with E-state index in [4.69, 9.17) is 9.47 Å². The first-order chi connectivity index (χ1) is 12.2. The fourth-order valence-corrected chi connectivity index (χ4v) is 3.43. The van der Waals surface area contributed by atoms with Crippen LogP contribution in [0.4, 0.5) is 11.4 Å². The smallest absolute Gasteiger partial charge is 0.227 e. The van der Waals surface area contributed by atoms with Crippen molar-refractivity contribution in [3.05, 3.63) is 18.2 Å². The number of hydrogen-bond acceptors (Lipinski definition) is 4. The Balaban J connectivity index is 1.70. The number of carbonyl (C=O) groups excluding carboxylic acids is 2. The summed E-state index contributed by atoms with van der Waals surface area (Å²) in [5, 5.41) is 2.92. The van der Waals surface area contributed by atoms with Crippen molar-refractivity contribution in [2.24, 2.45) is 0 Å². The van der Waals surface area contributed by atoms with Crippen molar-refractivity contribution in [3.63, 3.8) is 0 Å². The maximum absolute atomic E-state index is 12.3. The summed E-state index contributed by atoms with van der Waals surface area (Å²) >= 11 is 0. The summed E-state index contributed by atoms with van der Waals surface area (Å²) in [6.07, 6.45) is 5.95. The summed E-state index contributed by atoms with van der Waals surface area (Å²) in [5.41, 5.74) is 1.40. The molecule has 2 aliphatic rings. The minimum Gasteiger partial charge on any atom is -0.495 e. The van der Waals surface area contributed by atoms with Crippen molar-refractivity contribution in [1.82, 2.24) is 0 Å². The van der Waals surface area contributed by atoms with Gasteiger partial charge in [-0.3, -0.25) is 9.59 Å². The molecular formula is C19H26N2O4. The van der Waals surface area contributed by atoms with E-state index < -0.39 is 0 Å². The molecule has 0 aliphatic carbocycles. The molecule has 1 aromatic carbocycles. The molecule has 2 fully saturated rings. The van der Waals surface area contributed by atoms with Crippen LogP contribution >= 0.6 is 0 Å². The van der Waals surface area contributed by atoms with Crippen LogP contribution in [0.1, 0.15) is 44.9 Å². The minimum absolute atomic E-state index is 0.00939. The lowest BCUT2D eigenvalue weighted by Gasteiger charge is -2.28. The molecule has 25 heavy (non-hydrogen) atoms. The van der Waals surface area contributed by atoms with Gasteiger partial charge in [0.15, 0.2) is 0 Å². The SMILES string of the molecule is COc1ccc(NC(=O)CC2CCCCO2)cc1N1CCCCC1=O. The van der Waals surface area contributed by atoms with Gasteiger partial charge in [0.25, 0.3) is 0 Å². The Morgan fingerprint density at radius 2 is 2.20 bits per heavy atom. The summed E-state index contributed by atoms with van der Waals surface area (Å²) in [6.45, 7) is 1.42. The lowest BCUT2D eigenvalue weighted by molar-refractivity contribution is -0.120. The quantitative estimate of drug-likeness (QED) is 0.889. The van der Waals surface area contributed by atoms with E-state index >= 15 is 0 Å². The van der Waals surface area contributed by atoms with Crippen LogP contribution in [0.15, 0.2) is 18.2 Å². The lowest BCUT2D eigenvalue weighted by atomic mass is 10.1. The van der Waals surface area contributed by atoms with E-state index in [0.717, 1.165) is 44.4 Å². The van der Waals surface area contributed by atoms with Gasteiger partial charge in [-0.15, -0.1) is 0 Å². The predicted molar refractivity (Wildman–Crippen MR) is 96.0 cm³/mol. The number of nitrogens with one attached hydrogen (secondary N) is 1. The highest BCUT2D eigenvalue weighted by Crippen LogP contribution is 2.33. The maximum atomic E-state index is 12.3. The Morgan fingerprint density at radius 1 is 1.32 bits per heavy atom. The Labute approximate surface area is 148 Å². The monoisotopic (exact) mass is 346 g/mol. The van der Waals surface area contributed by atoms with Gasteiger partial charge in [0.05, 0.1) is 25.3 Å². The van der Waals surface area contributed by atoms with Gasteiger partial charge < -0.3 is 19.7 Å². The summed E-state index contributed by atoms with van der Waals surface area (Å²) in [6, 6.07) is 5.42. The van der Waals surface area contributed by atoms with Gasteiger partial charge in [0.1, 0.15) is 5.75 Å². The van der Waals surface area contributed by atoms with Gasteiger partial charge in [-0.2, -0.15) is 0 Å². The van der Waals surface area contributed by atoms with Gasteiger partial charge in [0, 0.05) is 25.3 Å². The van der Waals surface area contributed by atoms with Gasteiger partial charge >= 0.3 is 0 Å². The molecule has 2 amide bonds. The molecule has 0 radical (unpaired) electrons. The van der Waals surface area contributed by atoms with Crippen molar-refractivity contribution in [2.75, 3.05) is 30.5 Å². The fraction of sp³-hybridized carbons (Fsp3) is 0.579. The van der Waals surface area contributed by atoms with Crippen LogP contribution in [-0.2, 0) is 14.3 Å². The topological polar surface area (TPSA) is 67.9 Å². The Morgan fingerprint density at radius 3 is 2.92 bits per heavy atom. The number of benzene rings is 1. The van der Waals surface area contributed by atoms with E-state index in [9.17, 15) is 9.59 Å². The molecule has 2 heterocycles. The number of nitrogens with zero attached hydrogens (tertiary/aromatic N) is 1. The van der Waals surface area contributed by atoms with E-state index in [-0.39, 0.29) is 17.9 Å². The number of hydrogen-bond donors (Lipinski definition) is 1. The van der Waals surface area contributed by atoms with Crippen LogP contribution in [0.2, 0.25) is 0 Å². The van der Waals surface area contributed by atoms with Gasteiger partial charge in [-0.1, -0.05) is 0 Å². The van der Waals surface area contributed by atoms with Crippen LogP contribution in [-0.4, -0.2) is 38.2 Å². The van der Waals surface area contributed by atoms with Crippen LogP contribution in [0, 0.1) is 0 Å². The van der Waals surface area contributed by atoms with E-state index in [1.807, 2.05) is 6.07 Å². The molecule has 2 aliphatic heterocycles.